The SMILES string of the molecule is CCOc1ccc(Nc2nccn(C)c2=O)cc1CCl. The summed E-state index contributed by atoms with van der Waals surface area (Å²) in [6, 6.07) is 5.51. The van der Waals surface area contributed by atoms with E-state index in [1.54, 1.807) is 19.4 Å². The standard InChI is InChI=1S/C14H16ClN3O2/c1-3-20-12-5-4-11(8-10(12)9-15)17-13-14(19)18(2)7-6-16-13/h4-8H,3,9H2,1-2H3,(H,16,17). The van der Waals surface area contributed by atoms with Crippen LogP contribution in [0.25, 0.3) is 0 Å². The van der Waals surface area contributed by atoms with Gasteiger partial charge in [-0.1, -0.05) is 0 Å². The molecule has 0 spiro atoms. The molecule has 0 unspecified atom stereocenters. The predicted octanol–water partition coefficient (Wildman–Crippen LogP) is 2.66. The maximum absolute atomic E-state index is 11.9. The second-order valence-electron chi connectivity index (χ2n) is 4.21. The number of rotatable bonds is 5. The lowest BCUT2D eigenvalue weighted by atomic mass is 10.2. The Kier molecular flexibility index (Phi) is 4.63. The van der Waals surface area contributed by atoms with Gasteiger partial charge < -0.3 is 14.6 Å². The molecule has 0 amide bonds. The van der Waals surface area contributed by atoms with Gasteiger partial charge in [0.1, 0.15) is 5.75 Å². The zero-order valence-electron chi connectivity index (χ0n) is 11.4. The van der Waals surface area contributed by atoms with Crippen molar-refractivity contribution in [2.24, 2.45) is 7.05 Å². The van der Waals surface area contributed by atoms with E-state index < -0.39 is 0 Å². The molecule has 1 heterocycles. The van der Waals surface area contributed by atoms with Crippen LogP contribution in [0.2, 0.25) is 0 Å². The molecule has 2 rings (SSSR count). The number of aromatic nitrogens is 2. The summed E-state index contributed by atoms with van der Waals surface area (Å²) in [6.45, 7) is 2.50. The maximum Gasteiger partial charge on any atom is 0.293 e. The first kappa shape index (κ1) is 14.4. The Morgan fingerprint density at radius 3 is 2.95 bits per heavy atom. The van der Waals surface area contributed by atoms with Crippen molar-refractivity contribution in [3.05, 3.63) is 46.5 Å². The molecular formula is C14H16ClN3O2. The van der Waals surface area contributed by atoms with Gasteiger partial charge >= 0.3 is 0 Å². The zero-order chi connectivity index (χ0) is 14.5. The Bertz CT molecular complexity index is 655. The molecule has 6 heteroatoms. The van der Waals surface area contributed by atoms with Crippen molar-refractivity contribution in [3.63, 3.8) is 0 Å². The van der Waals surface area contributed by atoms with Gasteiger partial charge in [0.25, 0.3) is 5.56 Å². The van der Waals surface area contributed by atoms with E-state index in [0.717, 1.165) is 17.0 Å². The summed E-state index contributed by atoms with van der Waals surface area (Å²) >= 11 is 5.91. The summed E-state index contributed by atoms with van der Waals surface area (Å²) in [4.78, 5) is 15.9. The number of halogens is 1. The highest BCUT2D eigenvalue weighted by molar-refractivity contribution is 6.17. The van der Waals surface area contributed by atoms with E-state index >= 15 is 0 Å². The zero-order valence-corrected chi connectivity index (χ0v) is 12.1. The van der Waals surface area contributed by atoms with Crippen molar-refractivity contribution in [1.29, 1.82) is 0 Å². The number of ether oxygens (including phenoxy) is 1. The van der Waals surface area contributed by atoms with Crippen LogP contribution >= 0.6 is 11.6 Å². The molecule has 1 aromatic heterocycles. The Morgan fingerprint density at radius 2 is 2.25 bits per heavy atom. The first-order valence-corrected chi connectivity index (χ1v) is 6.79. The third-order valence-corrected chi connectivity index (χ3v) is 3.07. The number of hydrogen-bond donors (Lipinski definition) is 1. The van der Waals surface area contributed by atoms with Crippen LogP contribution in [0.15, 0.2) is 35.4 Å². The highest BCUT2D eigenvalue weighted by atomic mass is 35.5. The number of nitrogens with one attached hydrogen (secondary N) is 1. The largest absolute Gasteiger partial charge is 0.494 e. The monoisotopic (exact) mass is 293 g/mol. The van der Waals surface area contributed by atoms with Crippen LogP contribution in [0, 0.1) is 0 Å². The summed E-state index contributed by atoms with van der Waals surface area (Å²) in [7, 11) is 1.68. The van der Waals surface area contributed by atoms with Crippen LogP contribution in [-0.2, 0) is 12.9 Å². The fraction of sp³-hybridized carbons (Fsp3) is 0.286. The van der Waals surface area contributed by atoms with Gasteiger partial charge in [-0.25, -0.2) is 4.98 Å². The van der Waals surface area contributed by atoms with Gasteiger partial charge in [-0.15, -0.1) is 11.6 Å². The van der Waals surface area contributed by atoms with E-state index in [0.29, 0.717) is 12.5 Å². The molecule has 0 saturated heterocycles. The molecule has 20 heavy (non-hydrogen) atoms. The molecule has 1 N–H and O–H groups in total. The Hall–Kier alpha value is -2.01. The fourth-order valence-electron chi connectivity index (χ4n) is 1.78. The molecule has 0 fully saturated rings. The summed E-state index contributed by atoms with van der Waals surface area (Å²) < 4.78 is 6.95. The predicted molar refractivity (Wildman–Crippen MR) is 79.9 cm³/mol. The van der Waals surface area contributed by atoms with Crippen molar-refractivity contribution < 1.29 is 4.74 Å². The molecule has 2 aromatic rings. The first-order chi connectivity index (χ1) is 9.65. The van der Waals surface area contributed by atoms with Crippen LogP contribution in [0.3, 0.4) is 0 Å². The van der Waals surface area contributed by atoms with Crippen molar-refractivity contribution in [1.82, 2.24) is 9.55 Å². The maximum atomic E-state index is 11.9. The molecule has 0 aliphatic rings. The van der Waals surface area contributed by atoms with Gasteiger partial charge in [0.2, 0.25) is 0 Å². The van der Waals surface area contributed by atoms with Crippen molar-refractivity contribution in [2.75, 3.05) is 11.9 Å². The van der Waals surface area contributed by atoms with Gasteiger partial charge in [0.05, 0.1) is 12.5 Å². The lowest BCUT2D eigenvalue weighted by Gasteiger charge is -2.11. The van der Waals surface area contributed by atoms with E-state index in [9.17, 15) is 4.79 Å². The fourth-order valence-corrected chi connectivity index (χ4v) is 1.99. The van der Waals surface area contributed by atoms with E-state index in [4.69, 9.17) is 16.3 Å². The Balaban J connectivity index is 2.30. The second kappa shape index (κ2) is 6.43. The van der Waals surface area contributed by atoms with Gasteiger partial charge in [-0.2, -0.15) is 0 Å². The molecule has 0 aliphatic heterocycles. The van der Waals surface area contributed by atoms with E-state index in [1.165, 1.54) is 4.57 Å². The number of anilines is 2. The van der Waals surface area contributed by atoms with Crippen LogP contribution in [0.1, 0.15) is 12.5 Å². The number of hydrogen-bond acceptors (Lipinski definition) is 4. The van der Waals surface area contributed by atoms with Gasteiger partial charge in [0.15, 0.2) is 5.82 Å². The average Bonchev–Trinajstić information content (AvgIpc) is 2.45. The van der Waals surface area contributed by atoms with Crippen molar-refractivity contribution in [3.8, 4) is 5.75 Å². The summed E-state index contributed by atoms with van der Waals surface area (Å²) in [5, 5.41) is 3.00. The van der Waals surface area contributed by atoms with Crippen LogP contribution in [0.5, 0.6) is 5.75 Å². The molecule has 0 radical (unpaired) electrons. The third kappa shape index (κ3) is 3.11. The lowest BCUT2D eigenvalue weighted by Crippen LogP contribution is -2.20. The van der Waals surface area contributed by atoms with Crippen molar-refractivity contribution in [2.45, 2.75) is 12.8 Å². The molecule has 1 aromatic carbocycles. The van der Waals surface area contributed by atoms with Crippen LogP contribution in [-0.4, -0.2) is 16.2 Å². The lowest BCUT2D eigenvalue weighted by molar-refractivity contribution is 0.337. The minimum atomic E-state index is -0.186. The quantitative estimate of drug-likeness (QED) is 0.861. The number of benzene rings is 1. The summed E-state index contributed by atoms with van der Waals surface area (Å²) in [6.07, 6.45) is 3.18. The van der Waals surface area contributed by atoms with Gasteiger partial charge in [-0.3, -0.25) is 4.79 Å². The molecule has 0 atom stereocenters. The normalized spacial score (nSPS) is 10.3. The smallest absolute Gasteiger partial charge is 0.293 e. The highest BCUT2D eigenvalue weighted by Crippen LogP contribution is 2.25. The molecule has 0 bridgehead atoms. The number of alkyl halides is 1. The Morgan fingerprint density at radius 1 is 1.45 bits per heavy atom. The van der Waals surface area contributed by atoms with Gasteiger partial charge in [0, 0.05) is 30.7 Å². The van der Waals surface area contributed by atoms with E-state index in [1.807, 2.05) is 25.1 Å². The van der Waals surface area contributed by atoms with E-state index in [2.05, 4.69) is 10.3 Å². The number of nitrogens with zero attached hydrogens (tertiary/aromatic N) is 2. The molecular weight excluding hydrogens is 278 g/mol. The highest BCUT2D eigenvalue weighted by Gasteiger charge is 2.07. The van der Waals surface area contributed by atoms with Crippen LogP contribution < -0.4 is 15.6 Å². The topological polar surface area (TPSA) is 56.1 Å². The minimum absolute atomic E-state index is 0.186. The first-order valence-electron chi connectivity index (χ1n) is 6.26. The summed E-state index contributed by atoms with van der Waals surface area (Å²) in [5.74, 6) is 1.37. The van der Waals surface area contributed by atoms with E-state index in [-0.39, 0.29) is 11.4 Å². The average molecular weight is 294 g/mol. The molecule has 5 nitrogen and oxygen atoms in total. The Labute approximate surface area is 122 Å². The third-order valence-electron chi connectivity index (χ3n) is 2.78. The molecule has 0 aliphatic carbocycles. The minimum Gasteiger partial charge on any atom is -0.494 e. The summed E-state index contributed by atoms with van der Waals surface area (Å²) in [5.41, 5.74) is 1.43. The number of aryl methyl sites for hydroxylation is 1. The van der Waals surface area contributed by atoms with Crippen molar-refractivity contribution >= 4 is 23.1 Å². The van der Waals surface area contributed by atoms with Crippen LogP contribution in [0.4, 0.5) is 11.5 Å². The van der Waals surface area contributed by atoms with Gasteiger partial charge in [-0.05, 0) is 25.1 Å². The second-order valence-corrected chi connectivity index (χ2v) is 4.47. The molecule has 0 saturated carbocycles. The molecule has 106 valence electrons.